The molecule has 0 spiro atoms. The predicted octanol–water partition coefficient (Wildman–Crippen LogP) is 4.70. The highest BCUT2D eigenvalue weighted by molar-refractivity contribution is 6.03. The summed E-state index contributed by atoms with van der Waals surface area (Å²) in [4.78, 5) is 15.3. The summed E-state index contributed by atoms with van der Waals surface area (Å²) in [6.45, 7) is 1.72. The first-order valence-corrected chi connectivity index (χ1v) is 10.6. The van der Waals surface area contributed by atoms with E-state index in [1.165, 1.54) is 11.3 Å². The third-order valence-electron chi connectivity index (χ3n) is 5.77. The van der Waals surface area contributed by atoms with Crippen molar-refractivity contribution in [3.63, 3.8) is 0 Å². The zero-order valence-electron chi connectivity index (χ0n) is 17.9. The summed E-state index contributed by atoms with van der Waals surface area (Å²) < 4.78 is 6.88. The number of ether oxygens (including phenoxy) is 1. The van der Waals surface area contributed by atoms with Crippen molar-refractivity contribution >= 4 is 17.3 Å². The van der Waals surface area contributed by atoms with Crippen molar-refractivity contribution in [1.82, 2.24) is 9.78 Å². The van der Waals surface area contributed by atoms with Crippen LogP contribution in [0.5, 0.6) is 5.75 Å². The van der Waals surface area contributed by atoms with E-state index in [-0.39, 0.29) is 5.91 Å². The lowest BCUT2D eigenvalue weighted by Gasteiger charge is -2.21. The van der Waals surface area contributed by atoms with E-state index in [9.17, 15) is 4.79 Å². The molecule has 6 heteroatoms. The van der Waals surface area contributed by atoms with E-state index in [2.05, 4.69) is 45.6 Å². The number of carbonyl (C=O) groups excluding carboxylic acids is 1. The maximum Gasteiger partial charge on any atom is 0.276 e. The van der Waals surface area contributed by atoms with E-state index >= 15 is 0 Å². The molecule has 0 bridgehead atoms. The Kier molecular flexibility index (Phi) is 5.34. The molecular formula is C26H24N4O2. The lowest BCUT2D eigenvalue weighted by atomic mass is 10.1. The highest BCUT2D eigenvalue weighted by Gasteiger charge is 2.20. The summed E-state index contributed by atoms with van der Waals surface area (Å²) in [6, 6.07) is 25.7. The van der Waals surface area contributed by atoms with Gasteiger partial charge in [-0.25, -0.2) is 4.68 Å². The Hall–Kier alpha value is -4.06. The first kappa shape index (κ1) is 19.9. The summed E-state index contributed by atoms with van der Waals surface area (Å²) in [6.07, 6.45) is 2.83. The van der Waals surface area contributed by atoms with Gasteiger partial charge >= 0.3 is 0 Å². The summed E-state index contributed by atoms with van der Waals surface area (Å²) in [5, 5.41) is 7.49. The molecule has 4 aromatic rings. The van der Waals surface area contributed by atoms with Crippen LogP contribution >= 0.6 is 0 Å². The minimum atomic E-state index is -0.230. The van der Waals surface area contributed by atoms with Crippen molar-refractivity contribution in [3.8, 4) is 11.4 Å². The number of methoxy groups -OCH3 is 1. The minimum absolute atomic E-state index is 0.230. The van der Waals surface area contributed by atoms with Crippen LogP contribution in [0.3, 0.4) is 0 Å². The largest absolute Gasteiger partial charge is 0.497 e. The maximum atomic E-state index is 12.9. The number of hydrogen-bond donors (Lipinski definition) is 1. The first-order chi connectivity index (χ1) is 15.7. The Balaban J connectivity index is 1.32. The summed E-state index contributed by atoms with van der Waals surface area (Å²) >= 11 is 0. The van der Waals surface area contributed by atoms with E-state index in [1.807, 2.05) is 42.5 Å². The molecule has 0 saturated heterocycles. The van der Waals surface area contributed by atoms with Gasteiger partial charge in [0.05, 0.1) is 12.8 Å². The molecule has 160 valence electrons. The standard InChI is InChI=1S/C26H24N4O2/c1-32-22-12-10-21(11-13-22)30-17-15-24(28-30)26(31)27-23-8-4-2-7-20(23)18-29-16-14-19-6-3-5-9-25(19)29/h2-13,15,17H,14,16,18H2,1H3,(H,27,31). The number of rotatable bonds is 6. The Morgan fingerprint density at radius 2 is 1.78 bits per heavy atom. The molecule has 5 rings (SSSR count). The van der Waals surface area contributed by atoms with Gasteiger partial charge in [0, 0.05) is 30.7 Å². The molecule has 3 aromatic carbocycles. The topological polar surface area (TPSA) is 59.4 Å². The fourth-order valence-electron chi connectivity index (χ4n) is 4.07. The second-order valence-corrected chi connectivity index (χ2v) is 7.76. The van der Waals surface area contributed by atoms with E-state index in [1.54, 1.807) is 24.1 Å². The molecule has 0 atom stereocenters. The van der Waals surface area contributed by atoms with Gasteiger partial charge in [-0.3, -0.25) is 4.79 Å². The second kappa shape index (κ2) is 8.59. The molecule has 2 heterocycles. The molecule has 1 aliphatic rings. The average molecular weight is 425 g/mol. The van der Waals surface area contributed by atoms with Crippen LogP contribution in [-0.4, -0.2) is 29.3 Å². The van der Waals surface area contributed by atoms with Gasteiger partial charge in [-0.15, -0.1) is 0 Å². The smallest absolute Gasteiger partial charge is 0.276 e. The summed E-state index contributed by atoms with van der Waals surface area (Å²) in [7, 11) is 1.63. The fraction of sp³-hybridized carbons (Fsp3) is 0.154. The fourth-order valence-corrected chi connectivity index (χ4v) is 4.07. The van der Waals surface area contributed by atoms with Crippen LogP contribution in [0.25, 0.3) is 5.69 Å². The molecule has 0 unspecified atom stereocenters. The van der Waals surface area contributed by atoms with Crippen LogP contribution in [-0.2, 0) is 13.0 Å². The van der Waals surface area contributed by atoms with Crippen molar-refractivity contribution in [2.45, 2.75) is 13.0 Å². The molecule has 0 fully saturated rings. The van der Waals surface area contributed by atoms with Crippen molar-refractivity contribution in [1.29, 1.82) is 0 Å². The molecule has 0 radical (unpaired) electrons. The summed E-state index contributed by atoms with van der Waals surface area (Å²) in [5.74, 6) is 0.544. The lowest BCUT2D eigenvalue weighted by molar-refractivity contribution is 0.102. The predicted molar refractivity (Wildman–Crippen MR) is 126 cm³/mol. The number of amides is 1. The lowest BCUT2D eigenvalue weighted by Crippen LogP contribution is -2.21. The molecule has 0 aliphatic carbocycles. The van der Waals surface area contributed by atoms with Crippen molar-refractivity contribution in [3.05, 3.63) is 102 Å². The Bertz CT molecular complexity index is 1250. The van der Waals surface area contributed by atoms with E-state index in [0.717, 1.165) is 42.2 Å². The van der Waals surface area contributed by atoms with Gasteiger partial charge in [0.25, 0.3) is 5.91 Å². The Morgan fingerprint density at radius 1 is 1.00 bits per heavy atom. The minimum Gasteiger partial charge on any atom is -0.497 e. The summed E-state index contributed by atoms with van der Waals surface area (Å²) in [5.41, 5.74) is 5.75. The third kappa shape index (κ3) is 3.95. The number of fused-ring (bicyclic) bond motifs is 1. The van der Waals surface area contributed by atoms with Crippen LogP contribution in [0.2, 0.25) is 0 Å². The number of aromatic nitrogens is 2. The molecule has 1 aromatic heterocycles. The Morgan fingerprint density at radius 3 is 2.62 bits per heavy atom. The van der Waals surface area contributed by atoms with E-state index in [4.69, 9.17) is 4.74 Å². The van der Waals surface area contributed by atoms with E-state index in [0.29, 0.717) is 5.69 Å². The van der Waals surface area contributed by atoms with Crippen molar-refractivity contribution in [2.75, 3.05) is 23.9 Å². The Labute approximate surface area is 187 Å². The van der Waals surface area contributed by atoms with Gasteiger partial charge in [-0.05, 0) is 60.0 Å². The van der Waals surface area contributed by atoms with Gasteiger partial charge in [-0.1, -0.05) is 36.4 Å². The monoisotopic (exact) mass is 424 g/mol. The van der Waals surface area contributed by atoms with Crippen LogP contribution in [0.1, 0.15) is 21.6 Å². The highest BCUT2D eigenvalue weighted by Crippen LogP contribution is 2.30. The second-order valence-electron chi connectivity index (χ2n) is 7.76. The number of carbonyl (C=O) groups is 1. The van der Waals surface area contributed by atoms with Crippen LogP contribution in [0.15, 0.2) is 85.1 Å². The zero-order valence-corrected chi connectivity index (χ0v) is 17.9. The van der Waals surface area contributed by atoms with Gasteiger partial charge < -0.3 is 15.0 Å². The number of nitrogens with one attached hydrogen (secondary N) is 1. The number of anilines is 2. The third-order valence-corrected chi connectivity index (χ3v) is 5.77. The van der Waals surface area contributed by atoms with Gasteiger partial charge in [0.2, 0.25) is 0 Å². The number of hydrogen-bond acceptors (Lipinski definition) is 4. The number of benzene rings is 3. The van der Waals surface area contributed by atoms with E-state index < -0.39 is 0 Å². The normalized spacial score (nSPS) is 12.5. The highest BCUT2D eigenvalue weighted by atomic mass is 16.5. The molecular weight excluding hydrogens is 400 g/mol. The van der Waals surface area contributed by atoms with Crippen LogP contribution in [0.4, 0.5) is 11.4 Å². The molecule has 0 saturated carbocycles. The average Bonchev–Trinajstić information content (AvgIpc) is 3.49. The van der Waals surface area contributed by atoms with Gasteiger partial charge in [0.15, 0.2) is 5.69 Å². The number of para-hydroxylation sites is 2. The number of nitrogens with zero attached hydrogens (tertiary/aromatic N) is 3. The van der Waals surface area contributed by atoms with Crippen LogP contribution in [0, 0.1) is 0 Å². The zero-order chi connectivity index (χ0) is 21.9. The van der Waals surface area contributed by atoms with Gasteiger partial charge in [-0.2, -0.15) is 5.10 Å². The SMILES string of the molecule is COc1ccc(-n2ccc(C(=O)Nc3ccccc3CN3CCc4ccccc43)n2)cc1. The van der Waals surface area contributed by atoms with Crippen molar-refractivity contribution < 1.29 is 9.53 Å². The molecule has 1 N–H and O–H groups in total. The quantitative estimate of drug-likeness (QED) is 0.488. The van der Waals surface area contributed by atoms with Crippen molar-refractivity contribution in [2.24, 2.45) is 0 Å². The molecule has 1 aliphatic heterocycles. The van der Waals surface area contributed by atoms with Crippen LogP contribution < -0.4 is 15.0 Å². The maximum absolute atomic E-state index is 12.9. The molecule has 6 nitrogen and oxygen atoms in total. The molecule has 32 heavy (non-hydrogen) atoms. The van der Waals surface area contributed by atoms with Gasteiger partial charge in [0.1, 0.15) is 5.75 Å². The first-order valence-electron chi connectivity index (χ1n) is 10.6. The molecule has 1 amide bonds.